The largest absolute Gasteiger partial charge is 0.452 e. The second-order valence-electron chi connectivity index (χ2n) is 6.13. The van der Waals surface area contributed by atoms with Crippen molar-refractivity contribution in [1.29, 1.82) is 0 Å². The number of esters is 1. The van der Waals surface area contributed by atoms with Gasteiger partial charge < -0.3 is 10.1 Å². The molecule has 0 aliphatic heterocycles. The van der Waals surface area contributed by atoms with Crippen molar-refractivity contribution >= 4 is 18.0 Å². The number of hydrogen-bond acceptors (Lipinski definition) is 3. The van der Waals surface area contributed by atoms with Gasteiger partial charge in [0.25, 0.3) is 5.91 Å². The minimum absolute atomic E-state index is 0.185. The maximum atomic E-state index is 12.8. The molecule has 0 aliphatic carbocycles. The van der Waals surface area contributed by atoms with Crippen LogP contribution in [0.3, 0.4) is 0 Å². The van der Waals surface area contributed by atoms with Gasteiger partial charge in [0.05, 0.1) is 6.04 Å². The molecule has 0 aromatic heterocycles. The summed E-state index contributed by atoms with van der Waals surface area (Å²) in [5.74, 6) is -1.36. The van der Waals surface area contributed by atoms with Gasteiger partial charge in [0.15, 0.2) is 6.61 Å². The average molecular weight is 355 g/mol. The fourth-order valence-corrected chi connectivity index (χ4v) is 2.32. The second kappa shape index (κ2) is 8.94. The van der Waals surface area contributed by atoms with E-state index in [1.807, 2.05) is 39.0 Å². The summed E-state index contributed by atoms with van der Waals surface area (Å²) in [5, 5.41) is 2.80. The summed E-state index contributed by atoms with van der Waals surface area (Å²) in [6.45, 7) is 5.56. The van der Waals surface area contributed by atoms with Crippen LogP contribution in [0.2, 0.25) is 0 Å². The van der Waals surface area contributed by atoms with Gasteiger partial charge in [0.2, 0.25) is 0 Å². The maximum absolute atomic E-state index is 12.8. The van der Waals surface area contributed by atoms with Crippen LogP contribution < -0.4 is 5.32 Å². The number of aryl methyl sites for hydroxylation is 2. The Labute approximate surface area is 152 Å². The zero-order chi connectivity index (χ0) is 19.1. The molecule has 4 nitrogen and oxygen atoms in total. The monoisotopic (exact) mass is 355 g/mol. The maximum Gasteiger partial charge on any atom is 0.331 e. The number of amides is 1. The molecule has 1 amide bonds. The first-order chi connectivity index (χ1) is 12.3. The Hall–Kier alpha value is -2.95. The number of nitrogens with one attached hydrogen (secondary N) is 1. The fraction of sp³-hybridized carbons (Fsp3) is 0.238. The molecule has 0 unspecified atom stereocenters. The molecule has 0 saturated carbocycles. The predicted octanol–water partition coefficient (Wildman–Crippen LogP) is 3.88. The molecule has 5 heteroatoms. The van der Waals surface area contributed by atoms with Gasteiger partial charge in [0, 0.05) is 6.08 Å². The van der Waals surface area contributed by atoms with Crippen LogP contribution in [-0.4, -0.2) is 18.5 Å². The van der Waals surface area contributed by atoms with Crippen LogP contribution in [0.15, 0.2) is 48.5 Å². The molecule has 136 valence electrons. The number of carbonyl (C=O) groups excluding carboxylic acids is 2. The lowest BCUT2D eigenvalue weighted by atomic mass is 10.0. The lowest BCUT2D eigenvalue weighted by molar-refractivity contribution is -0.144. The SMILES string of the molecule is Cc1ccc([C@H](C)NC(=O)COC(=O)/C=C/c2ccc(F)cc2)cc1C. The minimum atomic E-state index is -0.636. The van der Waals surface area contributed by atoms with Crippen molar-refractivity contribution in [1.82, 2.24) is 5.32 Å². The Balaban J connectivity index is 1.81. The Morgan fingerprint density at radius 1 is 1.12 bits per heavy atom. The number of halogens is 1. The molecule has 1 N–H and O–H groups in total. The zero-order valence-corrected chi connectivity index (χ0v) is 15.1. The third kappa shape index (κ3) is 5.84. The van der Waals surface area contributed by atoms with Crippen LogP contribution in [0.4, 0.5) is 4.39 Å². The summed E-state index contributed by atoms with van der Waals surface area (Å²) in [6.07, 6.45) is 2.70. The van der Waals surface area contributed by atoms with Crippen LogP contribution in [0.25, 0.3) is 6.08 Å². The average Bonchev–Trinajstić information content (AvgIpc) is 2.61. The molecule has 26 heavy (non-hydrogen) atoms. The van der Waals surface area contributed by atoms with E-state index in [0.29, 0.717) is 5.56 Å². The van der Waals surface area contributed by atoms with Crippen molar-refractivity contribution < 1.29 is 18.7 Å². The summed E-state index contributed by atoms with van der Waals surface area (Å²) in [4.78, 5) is 23.6. The van der Waals surface area contributed by atoms with Gasteiger partial charge in [-0.15, -0.1) is 0 Å². The van der Waals surface area contributed by atoms with E-state index in [1.165, 1.54) is 42.0 Å². The van der Waals surface area contributed by atoms with Gasteiger partial charge in [-0.3, -0.25) is 4.79 Å². The van der Waals surface area contributed by atoms with Crippen LogP contribution in [0.5, 0.6) is 0 Å². The first-order valence-electron chi connectivity index (χ1n) is 8.32. The summed E-state index contributed by atoms with van der Waals surface area (Å²) in [6, 6.07) is 11.5. The van der Waals surface area contributed by atoms with Gasteiger partial charge in [-0.2, -0.15) is 0 Å². The Morgan fingerprint density at radius 2 is 1.81 bits per heavy atom. The molecule has 0 fully saturated rings. The van der Waals surface area contributed by atoms with Crippen LogP contribution in [-0.2, 0) is 14.3 Å². The Bertz CT molecular complexity index is 813. The molecule has 0 heterocycles. The third-order valence-corrected chi connectivity index (χ3v) is 4.04. The van der Waals surface area contributed by atoms with Crippen molar-refractivity contribution in [2.24, 2.45) is 0 Å². The fourth-order valence-electron chi connectivity index (χ4n) is 2.32. The number of carbonyl (C=O) groups is 2. The molecule has 0 saturated heterocycles. The van der Waals surface area contributed by atoms with Gasteiger partial charge in [-0.05, 0) is 61.2 Å². The summed E-state index contributed by atoms with van der Waals surface area (Å²) in [5.41, 5.74) is 4.00. The number of benzene rings is 2. The van der Waals surface area contributed by atoms with Crippen molar-refractivity contribution in [2.45, 2.75) is 26.8 Å². The van der Waals surface area contributed by atoms with Crippen molar-refractivity contribution in [3.8, 4) is 0 Å². The molecule has 0 radical (unpaired) electrons. The van der Waals surface area contributed by atoms with Crippen LogP contribution in [0, 0.1) is 19.7 Å². The molecule has 2 aromatic carbocycles. The number of hydrogen-bond donors (Lipinski definition) is 1. The number of rotatable bonds is 6. The smallest absolute Gasteiger partial charge is 0.331 e. The van der Waals surface area contributed by atoms with Gasteiger partial charge in [0.1, 0.15) is 5.82 Å². The predicted molar refractivity (Wildman–Crippen MR) is 98.9 cm³/mol. The van der Waals surface area contributed by atoms with Gasteiger partial charge in [-0.25, -0.2) is 9.18 Å². The molecule has 1 atom stereocenters. The highest BCUT2D eigenvalue weighted by molar-refractivity contribution is 5.89. The molecule has 2 aromatic rings. The standard InChI is InChI=1S/C21H22FNO3/c1-14-4-8-18(12-15(14)2)16(3)23-20(24)13-26-21(25)11-7-17-5-9-19(22)10-6-17/h4-12,16H,13H2,1-3H3,(H,23,24)/b11-7+/t16-/m0/s1. The molecular weight excluding hydrogens is 333 g/mol. The van der Waals surface area contributed by atoms with Crippen molar-refractivity contribution in [2.75, 3.05) is 6.61 Å². The summed E-state index contributed by atoms with van der Waals surface area (Å²) in [7, 11) is 0. The molecule has 0 aliphatic rings. The van der Waals surface area contributed by atoms with E-state index in [-0.39, 0.29) is 24.4 Å². The Morgan fingerprint density at radius 3 is 2.46 bits per heavy atom. The minimum Gasteiger partial charge on any atom is -0.452 e. The van der Waals surface area contributed by atoms with Crippen LogP contribution in [0.1, 0.15) is 35.2 Å². The second-order valence-corrected chi connectivity index (χ2v) is 6.13. The van der Waals surface area contributed by atoms with Crippen molar-refractivity contribution in [3.05, 3.63) is 76.6 Å². The van der Waals surface area contributed by atoms with Gasteiger partial charge >= 0.3 is 5.97 Å². The third-order valence-electron chi connectivity index (χ3n) is 4.04. The van der Waals surface area contributed by atoms with E-state index in [4.69, 9.17) is 4.74 Å². The van der Waals surface area contributed by atoms with E-state index >= 15 is 0 Å². The lowest BCUT2D eigenvalue weighted by Crippen LogP contribution is -2.31. The summed E-state index contributed by atoms with van der Waals surface area (Å²) >= 11 is 0. The molecule has 0 spiro atoms. The lowest BCUT2D eigenvalue weighted by Gasteiger charge is -2.15. The zero-order valence-electron chi connectivity index (χ0n) is 15.1. The van der Waals surface area contributed by atoms with Crippen LogP contribution >= 0.6 is 0 Å². The van der Waals surface area contributed by atoms with E-state index < -0.39 is 5.97 Å². The normalized spacial score (nSPS) is 12.0. The highest BCUT2D eigenvalue weighted by Gasteiger charge is 2.11. The highest BCUT2D eigenvalue weighted by atomic mass is 19.1. The highest BCUT2D eigenvalue weighted by Crippen LogP contribution is 2.16. The van der Waals surface area contributed by atoms with Gasteiger partial charge in [-0.1, -0.05) is 30.3 Å². The first-order valence-corrected chi connectivity index (χ1v) is 8.32. The molecule has 0 bridgehead atoms. The molecule has 2 rings (SSSR count). The summed E-state index contributed by atoms with van der Waals surface area (Å²) < 4.78 is 17.7. The quantitative estimate of drug-likeness (QED) is 0.632. The van der Waals surface area contributed by atoms with E-state index in [1.54, 1.807) is 0 Å². The van der Waals surface area contributed by atoms with E-state index in [2.05, 4.69) is 5.32 Å². The van der Waals surface area contributed by atoms with E-state index in [9.17, 15) is 14.0 Å². The first kappa shape index (κ1) is 19.4. The van der Waals surface area contributed by atoms with Crippen molar-refractivity contribution in [3.63, 3.8) is 0 Å². The Kier molecular flexibility index (Phi) is 6.67. The number of ether oxygens (including phenoxy) is 1. The van der Waals surface area contributed by atoms with E-state index in [0.717, 1.165) is 11.1 Å². The molecular formula is C21H22FNO3. The topological polar surface area (TPSA) is 55.4 Å².